The highest BCUT2D eigenvalue weighted by atomic mass is 79.9. The van der Waals surface area contributed by atoms with Crippen molar-refractivity contribution in [2.75, 3.05) is 7.11 Å². The minimum Gasteiger partial charge on any atom is -0.497 e. The van der Waals surface area contributed by atoms with Crippen LogP contribution in [0.1, 0.15) is 23.0 Å². The Kier molecular flexibility index (Phi) is 4.25. The summed E-state index contributed by atoms with van der Waals surface area (Å²) < 4.78 is 10.6. The fourth-order valence-electron chi connectivity index (χ4n) is 2.46. The highest BCUT2D eigenvalue weighted by molar-refractivity contribution is 9.10. The van der Waals surface area contributed by atoms with Gasteiger partial charge < -0.3 is 14.5 Å². The lowest BCUT2D eigenvalue weighted by atomic mass is 9.92. The third kappa shape index (κ3) is 2.98. The number of imide groups is 1. The average Bonchev–Trinajstić information content (AvgIpc) is 3.13. The van der Waals surface area contributed by atoms with Gasteiger partial charge in [0.15, 0.2) is 10.4 Å². The van der Waals surface area contributed by atoms with Crippen molar-refractivity contribution in [3.05, 3.63) is 52.4 Å². The summed E-state index contributed by atoms with van der Waals surface area (Å²) in [5.74, 6) is -0.833. The summed E-state index contributed by atoms with van der Waals surface area (Å²) in [6.07, 6.45) is 0. The van der Waals surface area contributed by atoms with Gasteiger partial charge in [-0.2, -0.15) is 5.01 Å². The number of hydrogen-bond acceptors (Lipinski definition) is 5. The second-order valence-electron chi connectivity index (χ2n) is 5.47. The third-order valence-electron chi connectivity index (χ3n) is 3.85. The number of carbonyl (C=O) groups excluding carboxylic acids is 3. The number of carbonyl (C=O) groups is 3. The molecule has 0 unspecified atom stereocenters. The second kappa shape index (κ2) is 6.25. The first kappa shape index (κ1) is 17.0. The van der Waals surface area contributed by atoms with Gasteiger partial charge >= 0.3 is 11.9 Å². The Hall–Kier alpha value is -2.81. The predicted octanol–water partition coefficient (Wildman–Crippen LogP) is 2.16. The number of furan rings is 1. The van der Waals surface area contributed by atoms with Gasteiger partial charge in [0.1, 0.15) is 11.3 Å². The minimum atomic E-state index is -1.33. The number of urea groups is 1. The first-order chi connectivity index (χ1) is 11.8. The molecular weight excluding hydrogens is 394 g/mol. The van der Waals surface area contributed by atoms with Gasteiger partial charge in [0, 0.05) is 0 Å². The molecule has 1 aliphatic heterocycles. The molecule has 2 aromatic rings. The van der Waals surface area contributed by atoms with E-state index < -0.39 is 23.4 Å². The van der Waals surface area contributed by atoms with Crippen LogP contribution < -0.4 is 15.5 Å². The molecule has 1 aliphatic rings. The molecule has 3 rings (SSSR count). The maximum absolute atomic E-state index is 12.8. The third-order valence-corrected chi connectivity index (χ3v) is 4.27. The van der Waals surface area contributed by atoms with E-state index in [9.17, 15) is 14.4 Å². The molecule has 0 bridgehead atoms. The highest BCUT2D eigenvalue weighted by Crippen LogP contribution is 2.30. The molecule has 1 saturated heterocycles. The number of rotatable bonds is 4. The number of halogens is 1. The van der Waals surface area contributed by atoms with Gasteiger partial charge in [-0.25, -0.2) is 10.2 Å². The van der Waals surface area contributed by atoms with Crippen LogP contribution in [0.5, 0.6) is 5.75 Å². The molecular formula is C16H14BrN3O5. The van der Waals surface area contributed by atoms with Crippen LogP contribution in [0.3, 0.4) is 0 Å². The van der Waals surface area contributed by atoms with Crippen molar-refractivity contribution in [2.45, 2.75) is 12.5 Å². The quantitative estimate of drug-likeness (QED) is 0.756. The molecule has 25 heavy (non-hydrogen) atoms. The maximum Gasteiger partial charge on any atom is 0.344 e. The smallest absolute Gasteiger partial charge is 0.344 e. The monoisotopic (exact) mass is 407 g/mol. The van der Waals surface area contributed by atoms with Crippen molar-refractivity contribution in [3.63, 3.8) is 0 Å². The molecule has 1 fully saturated rings. The number of methoxy groups -OCH3 is 1. The molecule has 4 amide bonds. The molecule has 1 atom stereocenters. The maximum atomic E-state index is 12.8. The number of amides is 4. The molecule has 0 radical (unpaired) electrons. The van der Waals surface area contributed by atoms with Crippen molar-refractivity contribution in [2.24, 2.45) is 0 Å². The Balaban J connectivity index is 1.85. The number of hydrazine groups is 1. The van der Waals surface area contributed by atoms with Crippen LogP contribution in [0.25, 0.3) is 0 Å². The van der Waals surface area contributed by atoms with E-state index in [0.717, 1.165) is 0 Å². The van der Waals surface area contributed by atoms with Crippen LogP contribution in [-0.4, -0.2) is 30.0 Å². The summed E-state index contributed by atoms with van der Waals surface area (Å²) in [5.41, 5.74) is 1.45. The van der Waals surface area contributed by atoms with Crippen LogP contribution >= 0.6 is 15.9 Å². The van der Waals surface area contributed by atoms with Gasteiger partial charge in [0.05, 0.1) is 7.11 Å². The lowest BCUT2D eigenvalue weighted by Gasteiger charge is -2.22. The fourth-order valence-corrected chi connectivity index (χ4v) is 2.77. The van der Waals surface area contributed by atoms with Gasteiger partial charge in [0.25, 0.3) is 5.91 Å². The standard InChI is InChI=1S/C16H14BrN3O5/c1-16(9-4-3-5-10(8-9)24-2)14(22)20(15(23)18-16)19-13(21)11-6-7-12(17)25-11/h3-8H,1-2H3,(H,18,23)(H,19,21)/t16-/m1/s1. The normalized spacial score (nSPS) is 19.7. The van der Waals surface area contributed by atoms with E-state index in [2.05, 4.69) is 26.7 Å². The largest absolute Gasteiger partial charge is 0.497 e. The Morgan fingerprint density at radius 3 is 2.72 bits per heavy atom. The summed E-state index contributed by atoms with van der Waals surface area (Å²) in [4.78, 5) is 37.1. The van der Waals surface area contributed by atoms with E-state index in [1.807, 2.05) is 0 Å². The number of benzene rings is 1. The number of hydrogen-bond donors (Lipinski definition) is 2. The van der Waals surface area contributed by atoms with Crippen molar-refractivity contribution in [1.29, 1.82) is 0 Å². The van der Waals surface area contributed by atoms with Crippen LogP contribution in [0, 0.1) is 0 Å². The zero-order valence-electron chi connectivity index (χ0n) is 13.3. The zero-order valence-corrected chi connectivity index (χ0v) is 14.9. The Morgan fingerprint density at radius 2 is 2.08 bits per heavy atom. The number of ether oxygens (including phenoxy) is 1. The molecule has 9 heteroatoms. The van der Waals surface area contributed by atoms with Crippen LogP contribution in [-0.2, 0) is 10.3 Å². The Bertz CT molecular complexity index is 865. The van der Waals surface area contributed by atoms with Crippen LogP contribution in [0.2, 0.25) is 0 Å². The second-order valence-corrected chi connectivity index (χ2v) is 6.25. The summed E-state index contributed by atoms with van der Waals surface area (Å²) in [7, 11) is 1.50. The minimum absolute atomic E-state index is 0.0394. The Morgan fingerprint density at radius 1 is 1.32 bits per heavy atom. The van der Waals surface area contributed by atoms with E-state index >= 15 is 0 Å². The van der Waals surface area contributed by atoms with E-state index in [4.69, 9.17) is 9.15 Å². The van der Waals surface area contributed by atoms with Gasteiger partial charge in [-0.1, -0.05) is 12.1 Å². The molecule has 2 heterocycles. The molecule has 1 aromatic heterocycles. The van der Waals surface area contributed by atoms with Gasteiger partial charge in [0.2, 0.25) is 0 Å². The Labute approximate surface area is 151 Å². The molecule has 0 saturated carbocycles. The molecule has 130 valence electrons. The lowest BCUT2D eigenvalue weighted by molar-refractivity contribution is -0.132. The molecule has 0 spiro atoms. The van der Waals surface area contributed by atoms with E-state index in [0.29, 0.717) is 21.0 Å². The van der Waals surface area contributed by atoms with Crippen molar-refractivity contribution in [3.8, 4) is 5.75 Å². The summed E-state index contributed by atoms with van der Waals surface area (Å²) >= 11 is 3.08. The van der Waals surface area contributed by atoms with Gasteiger partial charge in [-0.05, 0) is 52.7 Å². The highest BCUT2D eigenvalue weighted by Gasteiger charge is 2.50. The first-order valence-electron chi connectivity index (χ1n) is 7.22. The van der Waals surface area contributed by atoms with E-state index in [1.54, 1.807) is 31.2 Å². The van der Waals surface area contributed by atoms with E-state index in [1.165, 1.54) is 19.2 Å². The molecule has 2 N–H and O–H groups in total. The van der Waals surface area contributed by atoms with Crippen molar-refractivity contribution >= 4 is 33.8 Å². The number of nitrogens with one attached hydrogen (secondary N) is 2. The average molecular weight is 408 g/mol. The van der Waals surface area contributed by atoms with Gasteiger partial charge in [-0.15, -0.1) is 0 Å². The molecule has 1 aromatic carbocycles. The predicted molar refractivity (Wildman–Crippen MR) is 89.6 cm³/mol. The summed E-state index contributed by atoms with van der Waals surface area (Å²) in [6, 6.07) is 8.97. The molecule has 8 nitrogen and oxygen atoms in total. The van der Waals surface area contributed by atoms with Crippen LogP contribution in [0.15, 0.2) is 45.5 Å². The van der Waals surface area contributed by atoms with Crippen molar-refractivity contribution < 1.29 is 23.5 Å². The summed E-state index contributed by atoms with van der Waals surface area (Å²) in [5, 5.41) is 3.22. The number of nitrogens with zero attached hydrogens (tertiary/aromatic N) is 1. The van der Waals surface area contributed by atoms with Gasteiger partial charge in [-0.3, -0.25) is 9.59 Å². The fraction of sp³-hybridized carbons (Fsp3) is 0.188. The van der Waals surface area contributed by atoms with Crippen LogP contribution in [0.4, 0.5) is 4.79 Å². The summed E-state index contributed by atoms with van der Waals surface area (Å²) in [6.45, 7) is 1.55. The SMILES string of the molecule is COc1cccc([C@@]2(C)NC(=O)N(NC(=O)c3ccc(Br)o3)C2=O)c1. The topological polar surface area (TPSA) is 101 Å². The zero-order chi connectivity index (χ0) is 18.2. The van der Waals surface area contributed by atoms with E-state index in [-0.39, 0.29) is 5.76 Å². The lowest BCUT2D eigenvalue weighted by Crippen LogP contribution is -2.47. The van der Waals surface area contributed by atoms with Crippen molar-refractivity contribution in [1.82, 2.24) is 15.8 Å². The molecule has 0 aliphatic carbocycles. The first-order valence-corrected chi connectivity index (χ1v) is 8.02.